The van der Waals surface area contributed by atoms with E-state index in [-0.39, 0.29) is 11.3 Å². The second kappa shape index (κ2) is 6.03. The lowest BCUT2D eigenvalue weighted by Crippen LogP contribution is -2.32. The molecule has 0 aromatic rings. The van der Waals surface area contributed by atoms with Gasteiger partial charge >= 0.3 is 5.97 Å². The molecule has 0 saturated carbocycles. The molecule has 0 bridgehead atoms. The fraction of sp³-hybridized carbons (Fsp3) is 0.846. The Balaban J connectivity index is 3.83. The molecule has 1 amide bonds. The first-order valence-electron chi connectivity index (χ1n) is 6.05. The zero-order valence-corrected chi connectivity index (χ0v) is 11.6. The highest BCUT2D eigenvalue weighted by Gasteiger charge is 2.26. The van der Waals surface area contributed by atoms with Gasteiger partial charge in [-0.05, 0) is 32.1 Å². The minimum absolute atomic E-state index is 0.00103. The Morgan fingerprint density at radius 2 is 1.59 bits per heavy atom. The number of amides is 1. The molecule has 0 atom stereocenters. The van der Waals surface area contributed by atoms with Crippen molar-refractivity contribution in [1.29, 1.82) is 0 Å². The zero-order chi connectivity index (χ0) is 13.7. The van der Waals surface area contributed by atoms with E-state index in [0.29, 0.717) is 19.4 Å². The van der Waals surface area contributed by atoms with E-state index >= 15 is 0 Å². The standard InChI is InChI=1S/C13H25NO3/c1-12(2,3)7-6-10(15)14-9-8-13(4,5)11(16)17/h6-9H2,1-5H3,(H,14,15)(H,16,17). The van der Waals surface area contributed by atoms with Crippen LogP contribution in [0.5, 0.6) is 0 Å². The first-order chi connectivity index (χ1) is 7.54. The summed E-state index contributed by atoms with van der Waals surface area (Å²) in [4.78, 5) is 22.3. The molecule has 0 rings (SSSR count). The minimum Gasteiger partial charge on any atom is -0.481 e. The van der Waals surface area contributed by atoms with Gasteiger partial charge in [-0.15, -0.1) is 0 Å². The molecule has 0 spiro atoms. The fourth-order valence-corrected chi connectivity index (χ4v) is 1.20. The lowest BCUT2D eigenvalue weighted by atomic mass is 9.89. The topological polar surface area (TPSA) is 66.4 Å². The Morgan fingerprint density at radius 3 is 2.00 bits per heavy atom. The van der Waals surface area contributed by atoms with E-state index in [4.69, 9.17) is 5.11 Å². The largest absolute Gasteiger partial charge is 0.481 e. The normalized spacial score (nSPS) is 12.3. The number of aliphatic carboxylic acids is 1. The Bertz CT molecular complexity index is 277. The van der Waals surface area contributed by atoms with Gasteiger partial charge in [-0.3, -0.25) is 9.59 Å². The quantitative estimate of drug-likeness (QED) is 0.753. The summed E-state index contributed by atoms with van der Waals surface area (Å²) in [6, 6.07) is 0. The molecule has 0 aromatic carbocycles. The Hall–Kier alpha value is -1.06. The first kappa shape index (κ1) is 15.9. The highest BCUT2D eigenvalue weighted by molar-refractivity contribution is 5.76. The van der Waals surface area contributed by atoms with Crippen molar-refractivity contribution in [3.63, 3.8) is 0 Å². The summed E-state index contributed by atoms with van der Waals surface area (Å²) in [5, 5.41) is 11.7. The van der Waals surface area contributed by atoms with Gasteiger partial charge in [0, 0.05) is 13.0 Å². The molecule has 0 saturated heterocycles. The molecule has 17 heavy (non-hydrogen) atoms. The Labute approximate surface area is 104 Å². The third-order valence-corrected chi connectivity index (χ3v) is 2.75. The molecule has 100 valence electrons. The van der Waals surface area contributed by atoms with Crippen molar-refractivity contribution in [3.8, 4) is 0 Å². The summed E-state index contributed by atoms with van der Waals surface area (Å²) in [5.74, 6) is -0.831. The molecular formula is C13H25NO3. The maximum atomic E-state index is 11.5. The SMILES string of the molecule is CC(C)(C)CCC(=O)NCCC(C)(C)C(=O)O. The van der Waals surface area contributed by atoms with E-state index in [9.17, 15) is 9.59 Å². The summed E-state index contributed by atoms with van der Waals surface area (Å²) in [6.07, 6.45) is 1.78. The summed E-state index contributed by atoms with van der Waals surface area (Å²) in [6.45, 7) is 10.0. The van der Waals surface area contributed by atoms with Gasteiger partial charge in [0.1, 0.15) is 0 Å². The fourth-order valence-electron chi connectivity index (χ4n) is 1.20. The Morgan fingerprint density at radius 1 is 1.06 bits per heavy atom. The van der Waals surface area contributed by atoms with Crippen molar-refractivity contribution in [2.24, 2.45) is 10.8 Å². The van der Waals surface area contributed by atoms with Crippen LogP contribution in [0.25, 0.3) is 0 Å². The van der Waals surface area contributed by atoms with Gasteiger partial charge in [-0.2, -0.15) is 0 Å². The van der Waals surface area contributed by atoms with Crippen LogP contribution in [-0.2, 0) is 9.59 Å². The van der Waals surface area contributed by atoms with Gasteiger partial charge in [0.05, 0.1) is 5.41 Å². The second-order valence-corrected chi connectivity index (χ2v) is 6.35. The van der Waals surface area contributed by atoms with Gasteiger partial charge in [0.15, 0.2) is 0 Å². The number of nitrogens with one attached hydrogen (secondary N) is 1. The van der Waals surface area contributed by atoms with E-state index in [0.717, 1.165) is 6.42 Å². The van der Waals surface area contributed by atoms with Crippen LogP contribution >= 0.6 is 0 Å². The molecule has 0 aromatic heterocycles. The van der Waals surface area contributed by atoms with Gasteiger partial charge in [0.25, 0.3) is 0 Å². The van der Waals surface area contributed by atoms with Gasteiger partial charge in [0.2, 0.25) is 5.91 Å². The van der Waals surface area contributed by atoms with Gasteiger partial charge in [-0.25, -0.2) is 0 Å². The smallest absolute Gasteiger partial charge is 0.309 e. The van der Waals surface area contributed by atoms with E-state index < -0.39 is 11.4 Å². The maximum Gasteiger partial charge on any atom is 0.309 e. The summed E-state index contributed by atoms with van der Waals surface area (Å²) in [7, 11) is 0. The van der Waals surface area contributed by atoms with E-state index in [1.54, 1.807) is 13.8 Å². The molecule has 4 heteroatoms. The number of carbonyl (C=O) groups excluding carboxylic acids is 1. The second-order valence-electron chi connectivity index (χ2n) is 6.35. The van der Waals surface area contributed by atoms with Crippen LogP contribution in [0.1, 0.15) is 53.9 Å². The van der Waals surface area contributed by atoms with E-state index in [1.807, 2.05) is 0 Å². The van der Waals surface area contributed by atoms with Gasteiger partial charge in [-0.1, -0.05) is 20.8 Å². The van der Waals surface area contributed by atoms with Crippen LogP contribution in [0.3, 0.4) is 0 Å². The van der Waals surface area contributed by atoms with Crippen LogP contribution in [0.2, 0.25) is 0 Å². The third kappa shape index (κ3) is 7.77. The Kier molecular flexibility index (Phi) is 5.66. The molecule has 0 radical (unpaired) electrons. The van der Waals surface area contributed by atoms with Crippen LogP contribution < -0.4 is 5.32 Å². The number of hydrogen-bond acceptors (Lipinski definition) is 2. The van der Waals surface area contributed by atoms with Crippen molar-refractivity contribution in [2.45, 2.75) is 53.9 Å². The first-order valence-corrected chi connectivity index (χ1v) is 6.05. The van der Waals surface area contributed by atoms with Crippen LogP contribution in [0.15, 0.2) is 0 Å². The molecule has 0 unspecified atom stereocenters. The molecule has 0 aliphatic carbocycles. The van der Waals surface area contributed by atoms with Crippen molar-refractivity contribution in [2.75, 3.05) is 6.54 Å². The molecule has 0 aliphatic heterocycles. The van der Waals surface area contributed by atoms with E-state index in [1.165, 1.54) is 0 Å². The summed E-state index contributed by atoms with van der Waals surface area (Å²) >= 11 is 0. The number of carboxylic acids is 1. The van der Waals surface area contributed by atoms with E-state index in [2.05, 4.69) is 26.1 Å². The molecule has 0 heterocycles. The monoisotopic (exact) mass is 243 g/mol. The van der Waals surface area contributed by atoms with Crippen LogP contribution in [-0.4, -0.2) is 23.5 Å². The van der Waals surface area contributed by atoms with Crippen molar-refractivity contribution < 1.29 is 14.7 Å². The molecule has 0 aliphatic rings. The number of carboxylic acid groups (broad SMARTS) is 1. The molecular weight excluding hydrogens is 218 g/mol. The third-order valence-electron chi connectivity index (χ3n) is 2.75. The number of hydrogen-bond donors (Lipinski definition) is 2. The molecule has 2 N–H and O–H groups in total. The predicted molar refractivity (Wildman–Crippen MR) is 67.7 cm³/mol. The zero-order valence-electron chi connectivity index (χ0n) is 11.6. The van der Waals surface area contributed by atoms with Crippen LogP contribution in [0, 0.1) is 10.8 Å². The predicted octanol–water partition coefficient (Wildman–Crippen LogP) is 2.43. The van der Waals surface area contributed by atoms with Crippen molar-refractivity contribution in [3.05, 3.63) is 0 Å². The average molecular weight is 243 g/mol. The van der Waals surface area contributed by atoms with Gasteiger partial charge < -0.3 is 10.4 Å². The van der Waals surface area contributed by atoms with Crippen molar-refractivity contribution >= 4 is 11.9 Å². The molecule has 4 nitrogen and oxygen atoms in total. The molecule has 0 fully saturated rings. The van der Waals surface area contributed by atoms with Crippen LogP contribution in [0.4, 0.5) is 0 Å². The highest BCUT2D eigenvalue weighted by atomic mass is 16.4. The lowest BCUT2D eigenvalue weighted by Gasteiger charge is -2.20. The summed E-state index contributed by atoms with van der Waals surface area (Å²) in [5.41, 5.74) is -0.630. The number of carbonyl (C=O) groups is 2. The maximum absolute atomic E-state index is 11.5. The average Bonchev–Trinajstić information content (AvgIpc) is 2.13. The minimum atomic E-state index is -0.832. The van der Waals surface area contributed by atoms with Crippen molar-refractivity contribution in [1.82, 2.24) is 5.32 Å². The summed E-state index contributed by atoms with van der Waals surface area (Å²) < 4.78 is 0. The number of rotatable bonds is 6. The highest BCUT2D eigenvalue weighted by Crippen LogP contribution is 2.21. The lowest BCUT2D eigenvalue weighted by molar-refractivity contribution is -0.147.